The Morgan fingerprint density at radius 2 is 2.21 bits per heavy atom. The molecule has 3 N–H and O–H groups in total. The molecule has 0 aliphatic rings. The zero-order chi connectivity index (χ0) is 13.8. The van der Waals surface area contributed by atoms with E-state index in [2.05, 4.69) is 19.2 Å². The number of carbonyl (C=O) groups is 1. The predicted octanol–water partition coefficient (Wildman–Crippen LogP) is 2.67. The Morgan fingerprint density at radius 3 is 2.63 bits per heavy atom. The van der Waals surface area contributed by atoms with Crippen LogP contribution in [0.4, 0.5) is 0 Å². The van der Waals surface area contributed by atoms with Gasteiger partial charge in [0.2, 0.25) is 0 Å². The van der Waals surface area contributed by atoms with Gasteiger partial charge in [0.25, 0.3) is 5.91 Å². The highest BCUT2D eigenvalue weighted by atomic mass is 35.5. The summed E-state index contributed by atoms with van der Waals surface area (Å²) in [6, 6.07) is 1.74. The van der Waals surface area contributed by atoms with Crippen molar-refractivity contribution in [3.63, 3.8) is 0 Å². The quantitative estimate of drug-likeness (QED) is 0.849. The van der Waals surface area contributed by atoms with Crippen LogP contribution in [0.15, 0.2) is 11.4 Å². The minimum Gasteiger partial charge on any atom is -0.496 e. The Hall–Kier alpha value is -0.780. The van der Waals surface area contributed by atoms with Crippen molar-refractivity contribution in [2.45, 2.75) is 32.7 Å². The minimum absolute atomic E-state index is 0. The molecular formula is C13H23ClN2O2S. The number of carbonyl (C=O) groups excluding carboxylic acids is 1. The first kappa shape index (κ1) is 18.2. The SMILES string of the molecule is COc1csc(C(=O)NC(C)(CN)CC(C)C)c1.Cl. The molecule has 0 bridgehead atoms. The number of halogens is 1. The zero-order valence-electron chi connectivity index (χ0n) is 11.9. The van der Waals surface area contributed by atoms with E-state index < -0.39 is 0 Å². The molecule has 1 heterocycles. The van der Waals surface area contributed by atoms with Crippen molar-refractivity contribution >= 4 is 29.7 Å². The maximum Gasteiger partial charge on any atom is 0.261 e. The van der Waals surface area contributed by atoms with Gasteiger partial charge in [-0.15, -0.1) is 23.7 Å². The predicted molar refractivity (Wildman–Crippen MR) is 82.5 cm³/mol. The summed E-state index contributed by atoms with van der Waals surface area (Å²) >= 11 is 1.37. The second kappa shape index (κ2) is 7.72. The van der Waals surface area contributed by atoms with E-state index in [0.717, 1.165) is 6.42 Å². The van der Waals surface area contributed by atoms with Gasteiger partial charge >= 0.3 is 0 Å². The topological polar surface area (TPSA) is 64.3 Å². The van der Waals surface area contributed by atoms with Crippen molar-refractivity contribution in [3.05, 3.63) is 16.3 Å². The largest absolute Gasteiger partial charge is 0.496 e. The highest BCUT2D eigenvalue weighted by Gasteiger charge is 2.26. The van der Waals surface area contributed by atoms with Crippen LogP contribution in [0.2, 0.25) is 0 Å². The van der Waals surface area contributed by atoms with Gasteiger partial charge in [0.15, 0.2) is 0 Å². The van der Waals surface area contributed by atoms with Gasteiger partial charge in [-0.3, -0.25) is 4.79 Å². The number of hydrogen-bond donors (Lipinski definition) is 2. The van der Waals surface area contributed by atoms with Gasteiger partial charge in [0.05, 0.1) is 17.5 Å². The van der Waals surface area contributed by atoms with Crippen LogP contribution < -0.4 is 15.8 Å². The van der Waals surface area contributed by atoms with Crippen LogP contribution >= 0.6 is 23.7 Å². The molecule has 6 heteroatoms. The molecular weight excluding hydrogens is 284 g/mol. The zero-order valence-corrected chi connectivity index (χ0v) is 13.5. The number of rotatable bonds is 6. The number of ether oxygens (including phenoxy) is 1. The fourth-order valence-electron chi connectivity index (χ4n) is 1.97. The number of nitrogens with one attached hydrogen (secondary N) is 1. The fourth-order valence-corrected chi connectivity index (χ4v) is 2.72. The molecule has 1 aromatic heterocycles. The van der Waals surface area contributed by atoms with Gasteiger partial charge in [-0.2, -0.15) is 0 Å². The standard InChI is InChI=1S/C13H22N2O2S.ClH/c1-9(2)6-13(3,8-14)15-12(16)11-5-10(17-4)7-18-11;/h5,7,9H,6,8,14H2,1-4H3,(H,15,16);1H. The van der Waals surface area contributed by atoms with E-state index in [0.29, 0.717) is 23.1 Å². The van der Waals surface area contributed by atoms with Crippen LogP contribution in [0, 0.1) is 5.92 Å². The van der Waals surface area contributed by atoms with E-state index in [-0.39, 0.29) is 23.9 Å². The first-order valence-corrected chi connectivity index (χ1v) is 6.93. The molecule has 0 aromatic carbocycles. The summed E-state index contributed by atoms with van der Waals surface area (Å²) in [7, 11) is 1.59. The third kappa shape index (κ3) is 5.38. The first-order valence-electron chi connectivity index (χ1n) is 6.05. The van der Waals surface area contributed by atoms with E-state index in [1.54, 1.807) is 13.2 Å². The lowest BCUT2D eigenvalue weighted by atomic mass is 9.90. The van der Waals surface area contributed by atoms with E-state index >= 15 is 0 Å². The molecule has 19 heavy (non-hydrogen) atoms. The Kier molecular flexibility index (Phi) is 7.41. The van der Waals surface area contributed by atoms with Crippen molar-refractivity contribution in [1.82, 2.24) is 5.32 Å². The molecule has 1 unspecified atom stereocenters. The molecule has 0 aliphatic carbocycles. The molecule has 110 valence electrons. The Bertz CT molecular complexity index is 409. The Morgan fingerprint density at radius 1 is 1.58 bits per heavy atom. The van der Waals surface area contributed by atoms with Crippen LogP contribution in [-0.2, 0) is 0 Å². The molecule has 1 aromatic rings. The summed E-state index contributed by atoms with van der Waals surface area (Å²) in [5, 5.41) is 4.84. The van der Waals surface area contributed by atoms with Gasteiger partial charge in [-0.1, -0.05) is 13.8 Å². The highest BCUT2D eigenvalue weighted by Crippen LogP contribution is 2.22. The molecule has 0 radical (unpaired) electrons. The second-order valence-electron chi connectivity index (χ2n) is 5.17. The van der Waals surface area contributed by atoms with E-state index in [1.165, 1.54) is 11.3 Å². The van der Waals surface area contributed by atoms with E-state index in [9.17, 15) is 4.79 Å². The first-order chi connectivity index (χ1) is 8.40. The maximum absolute atomic E-state index is 12.1. The average Bonchev–Trinajstić information content (AvgIpc) is 2.76. The van der Waals surface area contributed by atoms with Crippen molar-refractivity contribution in [2.24, 2.45) is 11.7 Å². The normalized spacial score (nSPS) is 13.6. The molecule has 1 amide bonds. The lowest BCUT2D eigenvalue weighted by Crippen LogP contribution is -2.52. The van der Waals surface area contributed by atoms with Crippen molar-refractivity contribution in [3.8, 4) is 5.75 Å². The van der Waals surface area contributed by atoms with Crippen LogP contribution in [0.25, 0.3) is 0 Å². The molecule has 0 fully saturated rings. The van der Waals surface area contributed by atoms with Crippen molar-refractivity contribution in [1.29, 1.82) is 0 Å². The number of methoxy groups -OCH3 is 1. The van der Waals surface area contributed by atoms with Gasteiger partial charge < -0.3 is 15.8 Å². The number of hydrogen-bond acceptors (Lipinski definition) is 4. The van der Waals surface area contributed by atoms with Gasteiger partial charge in [-0.05, 0) is 19.3 Å². The summed E-state index contributed by atoms with van der Waals surface area (Å²) in [5.74, 6) is 1.11. The molecule has 0 spiro atoms. The van der Waals surface area contributed by atoms with Crippen LogP contribution in [0.1, 0.15) is 36.9 Å². The van der Waals surface area contributed by atoms with E-state index in [4.69, 9.17) is 10.5 Å². The van der Waals surface area contributed by atoms with Gasteiger partial charge in [0, 0.05) is 18.0 Å². The number of amides is 1. The Labute approximate surface area is 125 Å². The Balaban J connectivity index is 0.00000324. The third-order valence-electron chi connectivity index (χ3n) is 2.76. The summed E-state index contributed by atoms with van der Waals surface area (Å²) in [4.78, 5) is 12.8. The minimum atomic E-state index is -0.359. The molecule has 0 aliphatic heterocycles. The third-order valence-corrected chi connectivity index (χ3v) is 3.67. The van der Waals surface area contributed by atoms with Gasteiger partial charge in [0.1, 0.15) is 5.75 Å². The average molecular weight is 307 g/mol. The van der Waals surface area contributed by atoms with Crippen LogP contribution in [0.3, 0.4) is 0 Å². The summed E-state index contributed by atoms with van der Waals surface area (Å²) in [5.41, 5.74) is 5.42. The molecule has 1 atom stereocenters. The smallest absolute Gasteiger partial charge is 0.261 e. The molecule has 1 rings (SSSR count). The van der Waals surface area contributed by atoms with Crippen molar-refractivity contribution < 1.29 is 9.53 Å². The lowest BCUT2D eigenvalue weighted by Gasteiger charge is -2.31. The van der Waals surface area contributed by atoms with Crippen LogP contribution in [0.5, 0.6) is 5.75 Å². The summed E-state index contributed by atoms with van der Waals surface area (Å²) in [6.07, 6.45) is 0.859. The molecule has 4 nitrogen and oxygen atoms in total. The van der Waals surface area contributed by atoms with Crippen molar-refractivity contribution in [2.75, 3.05) is 13.7 Å². The molecule has 0 saturated heterocycles. The number of thiophene rings is 1. The summed E-state index contributed by atoms with van der Waals surface area (Å²) < 4.78 is 5.07. The lowest BCUT2D eigenvalue weighted by molar-refractivity contribution is 0.0902. The molecule has 0 saturated carbocycles. The fraction of sp³-hybridized carbons (Fsp3) is 0.615. The van der Waals surface area contributed by atoms with Crippen LogP contribution in [-0.4, -0.2) is 25.1 Å². The second-order valence-corrected chi connectivity index (χ2v) is 6.08. The highest BCUT2D eigenvalue weighted by molar-refractivity contribution is 7.12. The number of nitrogens with two attached hydrogens (primary N) is 1. The van der Waals surface area contributed by atoms with E-state index in [1.807, 2.05) is 12.3 Å². The summed E-state index contributed by atoms with van der Waals surface area (Å²) in [6.45, 7) is 6.65. The monoisotopic (exact) mass is 306 g/mol. The van der Waals surface area contributed by atoms with Gasteiger partial charge in [-0.25, -0.2) is 0 Å². The maximum atomic E-state index is 12.1.